The number of rotatable bonds is 7. The topological polar surface area (TPSA) is 77.7 Å². The van der Waals surface area contributed by atoms with Crippen molar-refractivity contribution in [2.45, 2.75) is 31.8 Å². The quantitative estimate of drug-likeness (QED) is 0.742. The molecule has 146 valence electrons. The van der Waals surface area contributed by atoms with Crippen molar-refractivity contribution in [3.8, 4) is 0 Å². The van der Waals surface area contributed by atoms with Gasteiger partial charge in [-0.05, 0) is 5.56 Å². The number of ether oxygens (including phenoxy) is 2. The molecule has 0 radical (unpaired) electrons. The van der Waals surface area contributed by atoms with Crippen LogP contribution in [-0.4, -0.2) is 54.9 Å². The monoisotopic (exact) mass is 373 g/mol. The maximum absolute atomic E-state index is 12.5. The van der Waals surface area contributed by atoms with Gasteiger partial charge in [-0.1, -0.05) is 42.4 Å². The van der Waals surface area contributed by atoms with Gasteiger partial charge in [-0.3, -0.25) is 4.79 Å². The van der Waals surface area contributed by atoms with E-state index in [1.165, 1.54) is 0 Å². The summed E-state index contributed by atoms with van der Waals surface area (Å²) >= 11 is 0. The molecule has 7 heteroatoms. The highest BCUT2D eigenvalue weighted by Crippen LogP contribution is 2.35. The van der Waals surface area contributed by atoms with Gasteiger partial charge in [0.25, 0.3) is 5.89 Å². The lowest BCUT2D eigenvalue weighted by Crippen LogP contribution is -2.48. The Hall–Kier alpha value is -2.25. The van der Waals surface area contributed by atoms with Gasteiger partial charge in [0.05, 0.1) is 12.5 Å². The number of likely N-dealkylation sites (tertiary alicyclic amines) is 1. The van der Waals surface area contributed by atoms with Crippen LogP contribution < -0.4 is 0 Å². The number of piperidine rings is 1. The van der Waals surface area contributed by atoms with Crippen molar-refractivity contribution < 1.29 is 18.8 Å². The Bertz CT molecular complexity index is 739. The van der Waals surface area contributed by atoms with E-state index in [0.717, 1.165) is 5.56 Å². The molecule has 2 aromatic rings. The normalized spacial score (nSPS) is 17.7. The van der Waals surface area contributed by atoms with Crippen LogP contribution in [0, 0.1) is 5.92 Å². The molecule has 1 aromatic heterocycles. The highest BCUT2D eigenvalue weighted by atomic mass is 16.5. The first-order valence-electron chi connectivity index (χ1n) is 9.28. The van der Waals surface area contributed by atoms with Crippen LogP contribution in [0.4, 0.5) is 0 Å². The van der Waals surface area contributed by atoms with Gasteiger partial charge in [0.1, 0.15) is 5.60 Å². The van der Waals surface area contributed by atoms with Gasteiger partial charge in [0, 0.05) is 46.6 Å². The van der Waals surface area contributed by atoms with E-state index in [1.54, 1.807) is 14.2 Å². The summed E-state index contributed by atoms with van der Waals surface area (Å²) in [7, 11) is 3.27. The van der Waals surface area contributed by atoms with Crippen molar-refractivity contribution in [1.29, 1.82) is 0 Å². The van der Waals surface area contributed by atoms with E-state index in [9.17, 15) is 4.79 Å². The molecule has 1 fully saturated rings. The molecule has 1 aliphatic rings. The zero-order chi connectivity index (χ0) is 19.3. The maximum atomic E-state index is 12.5. The van der Waals surface area contributed by atoms with Gasteiger partial charge in [-0.2, -0.15) is 4.98 Å². The van der Waals surface area contributed by atoms with Gasteiger partial charge < -0.3 is 18.9 Å². The van der Waals surface area contributed by atoms with E-state index in [-0.39, 0.29) is 11.8 Å². The molecule has 0 bridgehead atoms. The number of benzene rings is 1. The molecule has 1 atom stereocenters. The standard InChI is InChI=1S/C20H27N3O4/c1-15(14-25-2)18(24)23-11-9-20(26-3,10-12-23)19-21-17(22-27-19)13-16-7-5-4-6-8-16/h4-8,15H,9-14H2,1-3H3/t15-/m0/s1. The maximum Gasteiger partial charge on any atom is 0.259 e. The number of methoxy groups -OCH3 is 2. The van der Waals surface area contributed by atoms with Crippen LogP contribution in [0.3, 0.4) is 0 Å². The van der Waals surface area contributed by atoms with E-state index in [1.807, 2.05) is 42.2 Å². The Kier molecular flexibility index (Phi) is 6.23. The molecular weight excluding hydrogens is 346 g/mol. The molecular formula is C20H27N3O4. The molecule has 0 aliphatic carbocycles. The number of amides is 1. The third-order valence-corrected chi connectivity index (χ3v) is 5.17. The van der Waals surface area contributed by atoms with Crippen LogP contribution in [-0.2, 0) is 26.3 Å². The molecule has 2 heterocycles. The van der Waals surface area contributed by atoms with Gasteiger partial charge >= 0.3 is 0 Å². The van der Waals surface area contributed by atoms with E-state index in [0.29, 0.717) is 50.7 Å². The second kappa shape index (κ2) is 8.63. The molecule has 27 heavy (non-hydrogen) atoms. The molecule has 1 aliphatic heterocycles. The first-order chi connectivity index (χ1) is 13.1. The minimum Gasteiger partial charge on any atom is -0.384 e. The smallest absolute Gasteiger partial charge is 0.259 e. The van der Waals surface area contributed by atoms with Crippen molar-refractivity contribution in [3.63, 3.8) is 0 Å². The van der Waals surface area contributed by atoms with Gasteiger partial charge in [-0.25, -0.2) is 0 Å². The van der Waals surface area contributed by atoms with E-state index in [2.05, 4.69) is 10.1 Å². The van der Waals surface area contributed by atoms with Crippen molar-refractivity contribution in [3.05, 3.63) is 47.6 Å². The molecule has 1 saturated heterocycles. The van der Waals surface area contributed by atoms with Crippen molar-refractivity contribution in [2.24, 2.45) is 5.92 Å². The van der Waals surface area contributed by atoms with Crippen LogP contribution in [0.2, 0.25) is 0 Å². The number of carbonyl (C=O) groups excluding carboxylic acids is 1. The third-order valence-electron chi connectivity index (χ3n) is 5.17. The summed E-state index contributed by atoms with van der Waals surface area (Å²) in [6.07, 6.45) is 1.87. The first kappa shape index (κ1) is 19.5. The Morgan fingerprint density at radius 2 is 1.96 bits per heavy atom. The summed E-state index contributed by atoms with van der Waals surface area (Å²) in [6.45, 7) is 3.50. The zero-order valence-electron chi connectivity index (χ0n) is 16.2. The molecule has 7 nitrogen and oxygen atoms in total. The van der Waals surface area contributed by atoms with Crippen LogP contribution in [0.5, 0.6) is 0 Å². The van der Waals surface area contributed by atoms with Crippen LogP contribution in [0.1, 0.15) is 37.0 Å². The lowest BCUT2D eigenvalue weighted by Gasteiger charge is -2.39. The summed E-state index contributed by atoms with van der Waals surface area (Å²) in [4.78, 5) is 18.9. The summed E-state index contributed by atoms with van der Waals surface area (Å²) in [5.74, 6) is 1.09. The second-order valence-electron chi connectivity index (χ2n) is 7.06. The van der Waals surface area contributed by atoms with Crippen molar-refractivity contribution in [1.82, 2.24) is 15.0 Å². The highest BCUT2D eigenvalue weighted by molar-refractivity contribution is 5.78. The average molecular weight is 373 g/mol. The van der Waals surface area contributed by atoms with Gasteiger partial charge in [0.15, 0.2) is 5.82 Å². The lowest BCUT2D eigenvalue weighted by atomic mass is 9.90. The minimum absolute atomic E-state index is 0.108. The SMILES string of the molecule is COC[C@H](C)C(=O)N1CCC(OC)(c2nc(Cc3ccccc3)no2)CC1. The summed E-state index contributed by atoms with van der Waals surface area (Å²) < 4.78 is 16.4. The summed E-state index contributed by atoms with van der Waals surface area (Å²) in [5.41, 5.74) is 0.493. The average Bonchev–Trinajstić information content (AvgIpc) is 3.17. The predicted molar refractivity (Wildman–Crippen MR) is 99.1 cm³/mol. The summed E-state index contributed by atoms with van der Waals surface area (Å²) in [5, 5.41) is 4.12. The second-order valence-corrected chi connectivity index (χ2v) is 7.06. The largest absolute Gasteiger partial charge is 0.384 e. The van der Waals surface area contributed by atoms with Gasteiger partial charge in [-0.15, -0.1) is 0 Å². The Morgan fingerprint density at radius 3 is 2.59 bits per heavy atom. The number of nitrogens with zero attached hydrogens (tertiary/aromatic N) is 3. The Labute approximate surface area is 159 Å². The summed E-state index contributed by atoms with van der Waals surface area (Å²) in [6, 6.07) is 10.0. The fraction of sp³-hybridized carbons (Fsp3) is 0.550. The number of hydrogen-bond donors (Lipinski definition) is 0. The van der Waals surface area contributed by atoms with Crippen LogP contribution >= 0.6 is 0 Å². The minimum atomic E-state index is -0.636. The molecule has 0 saturated carbocycles. The first-order valence-corrected chi connectivity index (χ1v) is 9.28. The molecule has 0 N–H and O–H groups in total. The van der Waals surface area contributed by atoms with E-state index < -0.39 is 5.60 Å². The third kappa shape index (κ3) is 4.36. The Morgan fingerprint density at radius 1 is 1.26 bits per heavy atom. The van der Waals surface area contributed by atoms with Gasteiger partial charge in [0.2, 0.25) is 5.91 Å². The Balaban J connectivity index is 1.66. The van der Waals surface area contributed by atoms with Crippen LogP contribution in [0.15, 0.2) is 34.9 Å². The fourth-order valence-corrected chi connectivity index (χ4v) is 3.52. The van der Waals surface area contributed by atoms with Crippen molar-refractivity contribution in [2.75, 3.05) is 33.9 Å². The van der Waals surface area contributed by atoms with E-state index >= 15 is 0 Å². The number of carbonyl (C=O) groups is 1. The van der Waals surface area contributed by atoms with Crippen LogP contribution in [0.25, 0.3) is 0 Å². The number of aromatic nitrogens is 2. The fourth-order valence-electron chi connectivity index (χ4n) is 3.52. The molecule has 1 aromatic carbocycles. The predicted octanol–water partition coefficient (Wildman–Crippen LogP) is 2.41. The highest BCUT2D eigenvalue weighted by Gasteiger charge is 2.42. The molecule has 1 amide bonds. The molecule has 0 unspecified atom stereocenters. The van der Waals surface area contributed by atoms with E-state index in [4.69, 9.17) is 14.0 Å². The number of hydrogen-bond acceptors (Lipinski definition) is 6. The molecule has 0 spiro atoms. The van der Waals surface area contributed by atoms with Crippen molar-refractivity contribution >= 4 is 5.91 Å². The zero-order valence-corrected chi connectivity index (χ0v) is 16.2. The lowest BCUT2D eigenvalue weighted by molar-refractivity contribution is -0.144. The molecule has 3 rings (SSSR count).